The van der Waals surface area contributed by atoms with Crippen LogP contribution in [0.15, 0.2) is 40.9 Å². The number of ether oxygens (including phenoxy) is 1. The van der Waals surface area contributed by atoms with Gasteiger partial charge in [0.1, 0.15) is 17.4 Å². The molecule has 0 aliphatic rings. The summed E-state index contributed by atoms with van der Waals surface area (Å²) in [6, 6.07) is 11.6. The Labute approximate surface area is 115 Å². The predicted molar refractivity (Wildman–Crippen MR) is 77.8 cm³/mol. The zero-order valence-corrected chi connectivity index (χ0v) is 11.8. The largest absolute Gasteiger partial charge is 0.496 e. The Morgan fingerprint density at radius 3 is 2.61 bits per heavy atom. The van der Waals surface area contributed by atoms with Crippen LogP contribution in [-0.2, 0) is 0 Å². The third-order valence-corrected chi connectivity index (χ3v) is 3.05. The maximum atomic E-state index is 5.19. The van der Waals surface area contributed by atoms with Crippen molar-refractivity contribution >= 4 is 33.3 Å². The van der Waals surface area contributed by atoms with Crippen LogP contribution in [0.3, 0.4) is 0 Å². The maximum absolute atomic E-state index is 5.19. The first-order valence-corrected chi connectivity index (χ1v) is 6.27. The van der Waals surface area contributed by atoms with Gasteiger partial charge in [0.25, 0.3) is 0 Å². The van der Waals surface area contributed by atoms with E-state index in [1.165, 1.54) is 0 Å². The Balaban J connectivity index is 2.20. The second kappa shape index (κ2) is 5.73. The van der Waals surface area contributed by atoms with Crippen molar-refractivity contribution in [1.82, 2.24) is 4.98 Å². The molecule has 2 aromatic rings. The number of hydrogen-bond donors (Lipinski definition) is 2. The summed E-state index contributed by atoms with van der Waals surface area (Å²) in [5.74, 6) is 2.42. The molecular weight excluding hydrogens is 294 g/mol. The SMILES string of the molecule is CNc1cccc(Nc2ccc(OC)c(Br)c2)n1. The highest BCUT2D eigenvalue weighted by atomic mass is 79.9. The molecular formula is C13H14BrN3O. The van der Waals surface area contributed by atoms with Gasteiger partial charge in [0.2, 0.25) is 0 Å². The van der Waals surface area contributed by atoms with Crippen molar-refractivity contribution in [3.8, 4) is 5.75 Å². The molecule has 0 atom stereocenters. The standard InChI is InChI=1S/C13H14BrN3O/c1-15-12-4-3-5-13(17-12)16-9-6-7-11(18-2)10(14)8-9/h3-8H,1-2H3,(H2,15,16,17). The molecule has 18 heavy (non-hydrogen) atoms. The molecule has 0 spiro atoms. The average Bonchev–Trinajstić information content (AvgIpc) is 2.39. The number of halogens is 1. The molecule has 5 heteroatoms. The van der Waals surface area contributed by atoms with Crippen LogP contribution in [-0.4, -0.2) is 19.1 Å². The highest BCUT2D eigenvalue weighted by molar-refractivity contribution is 9.10. The summed E-state index contributed by atoms with van der Waals surface area (Å²) < 4.78 is 6.09. The van der Waals surface area contributed by atoms with Crippen LogP contribution in [0.1, 0.15) is 0 Å². The summed E-state index contributed by atoms with van der Waals surface area (Å²) in [5, 5.41) is 6.24. The van der Waals surface area contributed by atoms with Crippen LogP contribution in [0.4, 0.5) is 17.3 Å². The molecule has 0 fully saturated rings. The first-order chi connectivity index (χ1) is 8.72. The minimum atomic E-state index is 0.791. The van der Waals surface area contributed by atoms with Crippen molar-refractivity contribution in [1.29, 1.82) is 0 Å². The predicted octanol–water partition coefficient (Wildman–Crippen LogP) is 3.64. The number of methoxy groups -OCH3 is 1. The number of nitrogens with one attached hydrogen (secondary N) is 2. The second-order valence-electron chi connectivity index (χ2n) is 3.63. The number of benzene rings is 1. The van der Waals surface area contributed by atoms with Gasteiger partial charge in [-0.15, -0.1) is 0 Å². The van der Waals surface area contributed by atoms with E-state index >= 15 is 0 Å². The zero-order chi connectivity index (χ0) is 13.0. The van der Waals surface area contributed by atoms with Crippen molar-refractivity contribution in [2.75, 3.05) is 24.8 Å². The van der Waals surface area contributed by atoms with Gasteiger partial charge in [-0.2, -0.15) is 0 Å². The molecule has 1 aromatic carbocycles. The number of pyridine rings is 1. The van der Waals surface area contributed by atoms with E-state index in [-0.39, 0.29) is 0 Å². The lowest BCUT2D eigenvalue weighted by Crippen LogP contribution is -1.97. The monoisotopic (exact) mass is 307 g/mol. The Morgan fingerprint density at radius 1 is 1.17 bits per heavy atom. The summed E-state index contributed by atoms with van der Waals surface area (Å²) in [7, 11) is 3.49. The smallest absolute Gasteiger partial charge is 0.133 e. The lowest BCUT2D eigenvalue weighted by Gasteiger charge is -2.09. The molecule has 0 aliphatic carbocycles. The molecule has 0 saturated heterocycles. The van der Waals surface area contributed by atoms with Crippen LogP contribution in [0.25, 0.3) is 0 Å². The third-order valence-electron chi connectivity index (χ3n) is 2.43. The van der Waals surface area contributed by atoms with Gasteiger partial charge in [0.15, 0.2) is 0 Å². The quantitative estimate of drug-likeness (QED) is 0.905. The number of hydrogen-bond acceptors (Lipinski definition) is 4. The number of rotatable bonds is 4. The van der Waals surface area contributed by atoms with Crippen molar-refractivity contribution in [3.63, 3.8) is 0 Å². The fourth-order valence-electron chi connectivity index (χ4n) is 1.54. The highest BCUT2D eigenvalue weighted by Crippen LogP contribution is 2.29. The molecule has 0 saturated carbocycles. The summed E-state index contributed by atoms with van der Waals surface area (Å²) in [5.41, 5.74) is 0.948. The molecule has 0 bridgehead atoms. The van der Waals surface area contributed by atoms with Crippen molar-refractivity contribution < 1.29 is 4.74 Å². The summed E-state index contributed by atoms with van der Waals surface area (Å²) in [4.78, 5) is 4.39. The van der Waals surface area contributed by atoms with Crippen LogP contribution in [0.2, 0.25) is 0 Å². The van der Waals surface area contributed by atoms with Crippen molar-refractivity contribution in [2.24, 2.45) is 0 Å². The summed E-state index contributed by atoms with van der Waals surface area (Å²) in [6.45, 7) is 0. The van der Waals surface area contributed by atoms with Gasteiger partial charge in [0, 0.05) is 12.7 Å². The maximum Gasteiger partial charge on any atom is 0.133 e. The van der Waals surface area contributed by atoms with Gasteiger partial charge in [-0.1, -0.05) is 6.07 Å². The normalized spacial score (nSPS) is 9.94. The minimum absolute atomic E-state index is 0.791. The van der Waals surface area contributed by atoms with Crippen LogP contribution >= 0.6 is 15.9 Å². The van der Waals surface area contributed by atoms with Gasteiger partial charge in [-0.3, -0.25) is 0 Å². The minimum Gasteiger partial charge on any atom is -0.496 e. The molecule has 94 valence electrons. The third kappa shape index (κ3) is 2.92. The molecule has 0 aliphatic heterocycles. The van der Waals surface area contributed by atoms with Gasteiger partial charge in [0.05, 0.1) is 11.6 Å². The van der Waals surface area contributed by atoms with Crippen LogP contribution in [0.5, 0.6) is 5.75 Å². The molecule has 0 unspecified atom stereocenters. The molecule has 4 nitrogen and oxygen atoms in total. The summed E-state index contributed by atoms with van der Waals surface area (Å²) in [6.07, 6.45) is 0. The average molecular weight is 308 g/mol. The van der Waals surface area contributed by atoms with Gasteiger partial charge >= 0.3 is 0 Å². The van der Waals surface area contributed by atoms with Crippen molar-refractivity contribution in [3.05, 3.63) is 40.9 Å². The van der Waals surface area contributed by atoms with Gasteiger partial charge in [-0.05, 0) is 46.3 Å². The Hall–Kier alpha value is -1.75. The van der Waals surface area contributed by atoms with E-state index in [4.69, 9.17) is 4.74 Å². The Bertz CT molecular complexity index is 546. The van der Waals surface area contributed by atoms with Crippen LogP contribution in [0, 0.1) is 0 Å². The van der Waals surface area contributed by atoms with Gasteiger partial charge < -0.3 is 15.4 Å². The van der Waals surface area contributed by atoms with E-state index in [2.05, 4.69) is 31.5 Å². The van der Waals surface area contributed by atoms with E-state index in [9.17, 15) is 0 Å². The first-order valence-electron chi connectivity index (χ1n) is 5.48. The lowest BCUT2D eigenvalue weighted by molar-refractivity contribution is 0.412. The van der Waals surface area contributed by atoms with Crippen LogP contribution < -0.4 is 15.4 Å². The van der Waals surface area contributed by atoms with Gasteiger partial charge in [-0.25, -0.2) is 4.98 Å². The van der Waals surface area contributed by atoms with E-state index in [1.807, 2.05) is 43.4 Å². The van der Waals surface area contributed by atoms with E-state index < -0.39 is 0 Å². The molecule has 0 amide bonds. The summed E-state index contributed by atoms with van der Waals surface area (Å²) >= 11 is 3.45. The molecule has 2 N–H and O–H groups in total. The fourth-order valence-corrected chi connectivity index (χ4v) is 2.08. The first kappa shape index (κ1) is 12.7. The fraction of sp³-hybridized carbons (Fsp3) is 0.154. The number of nitrogens with zero attached hydrogens (tertiary/aromatic N) is 1. The molecule has 0 radical (unpaired) electrons. The molecule has 1 aromatic heterocycles. The molecule has 1 heterocycles. The zero-order valence-electron chi connectivity index (χ0n) is 10.2. The topological polar surface area (TPSA) is 46.2 Å². The Morgan fingerprint density at radius 2 is 1.94 bits per heavy atom. The molecule has 2 rings (SSSR count). The Kier molecular flexibility index (Phi) is 4.04. The van der Waals surface area contributed by atoms with E-state index in [1.54, 1.807) is 7.11 Å². The number of anilines is 3. The van der Waals surface area contributed by atoms with E-state index in [0.717, 1.165) is 27.5 Å². The van der Waals surface area contributed by atoms with E-state index in [0.29, 0.717) is 0 Å². The lowest BCUT2D eigenvalue weighted by atomic mass is 10.3. The number of aromatic nitrogens is 1. The van der Waals surface area contributed by atoms with Crippen molar-refractivity contribution in [2.45, 2.75) is 0 Å². The highest BCUT2D eigenvalue weighted by Gasteiger charge is 2.02. The second-order valence-corrected chi connectivity index (χ2v) is 4.49.